The topological polar surface area (TPSA) is 47.6 Å². The van der Waals surface area contributed by atoms with E-state index in [1.54, 1.807) is 6.92 Å². The quantitative estimate of drug-likeness (QED) is 0.785. The van der Waals surface area contributed by atoms with Crippen molar-refractivity contribution >= 4 is 5.91 Å². The van der Waals surface area contributed by atoms with E-state index in [9.17, 15) is 4.79 Å². The zero-order chi connectivity index (χ0) is 19.4. The highest BCUT2D eigenvalue weighted by atomic mass is 16.5. The molecule has 1 heterocycles. The number of nitrogens with one attached hydrogen (secondary N) is 1. The van der Waals surface area contributed by atoms with Gasteiger partial charge < -0.3 is 14.8 Å². The maximum Gasteiger partial charge on any atom is 0.261 e. The first kappa shape index (κ1) is 19.3. The summed E-state index contributed by atoms with van der Waals surface area (Å²) in [5.74, 6) is 1.46. The van der Waals surface area contributed by atoms with Crippen molar-refractivity contribution in [1.29, 1.82) is 0 Å². The normalized spacial score (nSPS) is 18.7. The number of carbonyl (C=O) groups is 1. The lowest BCUT2D eigenvalue weighted by molar-refractivity contribution is -0.128. The number of ether oxygens (including phenoxy) is 2. The third-order valence-corrected chi connectivity index (χ3v) is 5.47. The molecule has 1 amide bonds. The Morgan fingerprint density at radius 1 is 1.22 bits per heavy atom. The largest absolute Gasteiger partial charge is 0.487 e. The van der Waals surface area contributed by atoms with Crippen LogP contribution in [0.4, 0.5) is 0 Å². The van der Waals surface area contributed by atoms with Crippen LogP contribution in [0.25, 0.3) is 0 Å². The van der Waals surface area contributed by atoms with Gasteiger partial charge in [-0.25, -0.2) is 0 Å². The van der Waals surface area contributed by atoms with E-state index in [-0.39, 0.29) is 17.6 Å². The maximum absolute atomic E-state index is 12.8. The zero-order valence-electron chi connectivity index (χ0n) is 16.6. The highest BCUT2D eigenvalue weighted by molar-refractivity contribution is 5.81. The predicted octanol–water partition coefficient (Wildman–Crippen LogP) is 4.96. The average Bonchev–Trinajstić information content (AvgIpc) is 2.67. The van der Waals surface area contributed by atoms with Crippen molar-refractivity contribution in [3.05, 3.63) is 59.7 Å². The van der Waals surface area contributed by atoms with Crippen molar-refractivity contribution in [1.82, 2.24) is 5.32 Å². The number of aryl methyl sites for hydroxylation is 1. The first-order valence-corrected chi connectivity index (χ1v) is 9.78. The fraction of sp³-hybridized carbons (Fsp3) is 0.435. The average molecular weight is 367 g/mol. The minimum Gasteiger partial charge on any atom is -0.487 e. The lowest BCUT2D eigenvalue weighted by atomic mass is 9.83. The van der Waals surface area contributed by atoms with Gasteiger partial charge in [-0.15, -0.1) is 0 Å². The Morgan fingerprint density at radius 2 is 1.96 bits per heavy atom. The van der Waals surface area contributed by atoms with Crippen LogP contribution in [0.15, 0.2) is 48.5 Å². The smallest absolute Gasteiger partial charge is 0.261 e. The van der Waals surface area contributed by atoms with Gasteiger partial charge in [0.15, 0.2) is 6.10 Å². The Hall–Kier alpha value is -2.49. The van der Waals surface area contributed by atoms with Crippen LogP contribution in [0.1, 0.15) is 57.2 Å². The third kappa shape index (κ3) is 4.26. The highest BCUT2D eigenvalue weighted by Gasteiger charge is 2.39. The zero-order valence-corrected chi connectivity index (χ0v) is 16.6. The van der Waals surface area contributed by atoms with Crippen LogP contribution in [0.3, 0.4) is 0 Å². The van der Waals surface area contributed by atoms with Gasteiger partial charge in [0.2, 0.25) is 0 Å². The number of fused-ring (bicyclic) bond motifs is 1. The van der Waals surface area contributed by atoms with E-state index in [1.165, 1.54) is 0 Å². The van der Waals surface area contributed by atoms with Crippen LogP contribution < -0.4 is 14.8 Å². The number of hydrogen-bond acceptors (Lipinski definition) is 3. The number of hydrogen-bond donors (Lipinski definition) is 1. The Labute approximate surface area is 161 Å². The molecule has 2 aromatic rings. The van der Waals surface area contributed by atoms with Crippen molar-refractivity contribution in [3.8, 4) is 11.5 Å². The van der Waals surface area contributed by atoms with Crippen molar-refractivity contribution in [3.63, 3.8) is 0 Å². The summed E-state index contributed by atoms with van der Waals surface area (Å²) in [5.41, 5.74) is 1.90. The number of amides is 1. The van der Waals surface area contributed by atoms with Crippen molar-refractivity contribution < 1.29 is 14.3 Å². The summed E-state index contributed by atoms with van der Waals surface area (Å²) < 4.78 is 12.2. The van der Waals surface area contributed by atoms with Crippen molar-refractivity contribution in [2.45, 2.75) is 64.7 Å². The molecule has 1 aliphatic rings. The standard InChI is InChI=1S/C23H29NO3/c1-5-23(6-2)15-20(19-12-7-8-13-21(19)27-23)24-22(25)17(4)26-18-11-9-10-16(3)14-18/h7-14,17,20H,5-6,15H2,1-4H3,(H,24,25)/t17-,20-/m0/s1. The van der Waals surface area contributed by atoms with Gasteiger partial charge in [0, 0.05) is 12.0 Å². The van der Waals surface area contributed by atoms with Gasteiger partial charge in [-0.2, -0.15) is 0 Å². The molecular formula is C23H29NO3. The molecular weight excluding hydrogens is 338 g/mol. The Morgan fingerprint density at radius 3 is 2.67 bits per heavy atom. The second kappa shape index (κ2) is 8.03. The van der Waals surface area contributed by atoms with E-state index in [0.717, 1.165) is 36.1 Å². The molecule has 1 N–H and O–H groups in total. The van der Waals surface area contributed by atoms with Gasteiger partial charge in [-0.05, 0) is 50.5 Å². The molecule has 0 aliphatic carbocycles. The molecule has 27 heavy (non-hydrogen) atoms. The monoisotopic (exact) mass is 367 g/mol. The molecule has 4 heteroatoms. The number of carbonyl (C=O) groups excluding carboxylic acids is 1. The summed E-state index contributed by atoms with van der Waals surface area (Å²) in [4.78, 5) is 12.8. The van der Waals surface area contributed by atoms with Gasteiger partial charge >= 0.3 is 0 Å². The molecule has 4 nitrogen and oxygen atoms in total. The predicted molar refractivity (Wildman–Crippen MR) is 107 cm³/mol. The molecule has 0 aromatic heterocycles. The fourth-order valence-electron chi connectivity index (χ4n) is 3.67. The Balaban J connectivity index is 1.75. The number of rotatable bonds is 6. The molecule has 0 saturated carbocycles. The van der Waals surface area contributed by atoms with E-state index >= 15 is 0 Å². The molecule has 2 aromatic carbocycles. The number of benzene rings is 2. The lowest BCUT2D eigenvalue weighted by Gasteiger charge is -2.41. The molecule has 0 saturated heterocycles. The van der Waals surface area contributed by atoms with E-state index in [4.69, 9.17) is 9.47 Å². The Kier molecular flexibility index (Phi) is 5.73. The molecule has 1 aliphatic heterocycles. The lowest BCUT2D eigenvalue weighted by Crippen LogP contribution is -2.46. The SMILES string of the molecule is CCC1(CC)C[C@H](NC(=O)[C@H](C)Oc2cccc(C)c2)c2ccccc2O1. The van der Waals surface area contributed by atoms with Crippen LogP contribution in [-0.2, 0) is 4.79 Å². The van der Waals surface area contributed by atoms with Gasteiger partial charge in [0.25, 0.3) is 5.91 Å². The number of para-hydroxylation sites is 1. The van der Waals surface area contributed by atoms with E-state index in [0.29, 0.717) is 5.75 Å². The molecule has 0 radical (unpaired) electrons. The fourth-order valence-corrected chi connectivity index (χ4v) is 3.67. The minimum atomic E-state index is -0.570. The summed E-state index contributed by atoms with van der Waals surface area (Å²) >= 11 is 0. The van der Waals surface area contributed by atoms with E-state index < -0.39 is 6.10 Å². The van der Waals surface area contributed by atoms with Gasteiger partial charge in [-0.1, -0.05) is 44.2 Å². The van der Waals surface area contributed by atoms with E-state index in [1.807, 2.05) is 55.5 Å². The second-order valence-corrected chi connectivity index (χ2v) is 7.37. The van der Waals surface area contributed by atoms with E-state index in [2.05, 4.69) is 19.2 Å². The van der Waals surface area contributed by atoms with Crippen LogP contribution >= 0.6 is 0 Å². The summed E-state index contributed by atoms with van der Waals surface area (Å²) in [7, 11) is 0. The molecule has 0 bridgehead atoms. The van der Waals surface area contributed by atoms with Crippen LogP contribution in [0.2, 0.25) is 0 Å². The third-order valence-electron chi connectivity index (χ3n) is 5.47. The van der Waals surface area contributed by atoms with Crippen LogP contribution in [0.5, 0.6) is 11.5 Å². The summed E-state index contributed by atoms with van der Waals surface area (Å²) in [5, 5.41) is 3.19. The summed E-state index contributed by atoms with van der Waals surface area (Å²) in [6.45, 7) is 8.07. The Bertz CT molecular complexity index is 798. The minimum absolute atomic E-state index is 0.0779. The van der Waals surface area contributed by atoms with Gasteiger partial charge in [-0.3, -0.25) is 4.79 Å². The molecule has 0 fully saturated rings. The maximum atomic E-state index is 12.8. The molecule has 0 spiro atoms. The summed E-state index contributed by atoms with van der Waals surface area (Å²) in [6, 6.07) is 15.6. The van der Waals surface area contributed by atoms with Gasteiger partial charge in [0.05, 0.1) is 6.04 Å². The van der Waals surface area contributed by atoms with Gasteiger partial charge in [0.1, 0.15) is 17.1 Å². The second-order valence-electron chi connectivity index (χ2n) is 7.37. The van der Waals surface area contributed by atoms with Crippen molar-refractivity contribution in [2.75, 3.05) is 0 Å². The highest BCUT2D eigenvalue weighted by Crippen LogP contribution is 2.42. The molecule has 3 rings (SSSR count). The van der Waals surface area contributed by atoms with Crippen LogP contribution in [0, 0.1) is 6.92 Å². The summed E-state index contributed by atoms with van der Waals surface area (Å²) in [6.07, 6.45) is 2.00. The van der Waals surface area contributed by atoms with Crippen LogP contribution in [-0.4, -0.2) is 17.6 Å². The van der Waals surface area contributed by atoms with Crippen molar-refractivity contribution in [2.24, 2.45) is 0 Å². The molecule has 144 valence electrons. The molecule has 0 unspecified atom stereocenters. The first-order valence-electron chi connectivity index (χ1n) is 9.78. The molecule has 2 atom stereocenters. The first-order chi connectivity index (χ1) is 13.0.